The van der Waals surface area contributed by atoms with Crippen molar-refractivity contribution in [3.8, 4) is 16.9 Å². The molecule has 0 saturated heterocycles. The van der Waals surface area contributed by atoms with Crippen LogP contribution in [0.3, 0.4) is 0 Å². The van der Waals surface area contributed by atoms with E-state index in [2.05, 4.69) is 59.7 Å². The third-order valence-corrected chi connectivity index (χ3v) is 3.87. The quantitative estimate of drug-likeness (QED) is 0.716. The lowest BCUT2D eigenvalue weighted by Crippen LogP contribution is -2.17. The Bertz CT molecular complexity index is 622. The van der Waals surface area contributed by atoms with Gasteiger partial charge in [-0.1, -0.05) is 71.9 Å². The van der Waals surface area contributed by atoms with Crippen LogP contribution < -0.4 is 0 Å². The summed E-state index contributed by atoms with van der Waals surface area (Å²) in [6, 6.07) is 14.2. The van der Waals surface area contributed by atoms with E-state index in [-0.39, 0.29) is 10.8 Å². The van der Waals surface area contributed by atoms with Crippen LogP contribution in [0.25, 0.3) is 11.1 Å². The van der Waals surface area contributed by atoms with Gasteiger partial charge >= 0.3 is 0 Å². The molecule has 0 amide bonds. The SMILES string of the molecule is CC(C)(C)c1ccc(-c2ccc(O)cc2)c(C(C)(C)C)c1. The highest BCUT2D eigenvalue weighted by atomic mass is 16.3. The lowest BCUT2D eigenvalue weighted by molar-refractivity contribution is 0.475. The summed E-state index contributed by atoms with van der Waals surface area (Å²) in [5, 5.41) is 9.48. The summed E-state index contributed by atoms with van der Waals surface area (Å²) in [5.41, 5.74) is 5.33. The molecule has 0 saturated carbocycles. The molecule has 112 valence electrons. The number of rotatable bonds is 1. The number of aromatic hydroxyl groups is 1. The van der Waals surface area contributed by atoms with Crippen LogP contribution in [0.5, 0.6) is 5.75 Å². The molecule has 0 aliphatic carbocycles. The van der Waals surface area contributed by atoms with Gasteiger partial charge in [-0.3, -0.25) is 0 Å². The third-order valence-electron chi connectivity index (χ3n) is 3.87. The molecule has 0 unspecified atom stereocenters. The fourth-order valence-corrected chi connectivity index (χ4v) is 2.52. The Morgan fingerprint density at radius 2 is 1.29 bits per heavy atom. The van der Waals surface area contributed by atoms with Crippen molar-refractivity contribution < 1.29 is 5.11 Å². The smallest absolute Gasteiger partial charge is 0.115 e. The number of benzene rings is 2. The van der Waals surface area contributed by atoms with Gasteiger partial charge in [0, 0.05) is 0 Å². The summed E-state index contributed by atoms with van der Waals surface area (Å²) in [4.78, 5) is 0. The second-order valence-corrected chi connectivity index (χ2v) is 7.81. The van der Waals surface area contributed by atoms with Crippen LogP contribution in [-0.2, 0) is 10.8 Å². The monoisotopic (exact) mass is 282 g/mol. The van der Waals surface area contributed by atoms with Crippen LogP contribution in [0, 0.1) is 0 Å². The van der Waals surface area contributed by atoms with Crippen LogP contribution in [0.4, 0.5) is 0 Å². The maximum atomic E-state index is 9.48. The Hall–Kier alpha value is -1.76. The van der Waals surface area contributed by atoms with Crippen molar-refractivity contribution in [3.05, 3.63) is 53.6 Å². The van der Waals surface area contributed by atoms with E-state index in [1.165, 1.54) is 16.7 Å². The Kier molecular flexibility index (Phi) is 3.88. The van der Waals surface area contributed by atoms with Crippen molar-refractivity contribution in [2.45, 2.75) is 52.4 Å². The Labute approximate surface area is 128 Å². The molecule has 0 aromatic heterocycles. The first-order valence-electron chi connectivity index (χ1n) is 7.53. The first-order chi connectivity index (χ1) is 9.59. The molecular weight excluding hydrogens is 256 g/mol. The number of hydrogen-bond acceptors (Lipinski definition) is 1. The van der Waals surface area contributed by atoms with Gasteiger partial charge in [0.1, 0.15) is 5.75 Å². The number of hydrogen-bond donors (Lipinski definition) is 1. The minimum absolute atomic E-state index is 0.0779. The molecule has 2 aromatic carbocycles. The standard InChI is InChI=1S/C20H26O/c1-19(2,3)15-9-12-17(18(13-15)20(4,5)6)14-7-10-16(21)11-8-14/h7-13,21H,1-6H3. The molecule has 0 bridgehead atoms. The topological polar surface area (TPSA) is 20.2 Å². The van der Waals surface area contributed by atoms with E-state index >= 15 is 0 Å². The highest BCUT2D eigenvalue weighted by Crippen LogP contribution is 2.36. The minimum atomic E-state index is 0.0779. The van der Waals surface area contributed by atoms with Crippen LogP contribution in [0.2, 0.25) is 0 Å². The summed E-state index contributed by atoms with van der Waals surface area (Å²) in [6.45, 7) is 13.5. The molecule has 1 heteroatoms. The van der Waals surface area contributed by atoms with Crippen molar-refractivity contribution in [2.24, 2.45) is 0 Å². The van der Waals surface area contributed by atoms with Gasteiger partial charge in [0.2, 0.25) is 0 Å². The zero-order chi connectivity index (χ0) is 15.8. The number of phenols is 1. The van der Waals surface area contributed by atoms with E-state index in [4.69, 9.17) is 0 Å². The van der Waals surface area contributed by atoms with Crippen molar-refractivity contribution in [3.63, 3.8) is 0 Å². The van der Waals surface area contributed by atoms with Crippen molar-refractivity contribution >= 4 is 0 Å². The molecule has 0 aliphatic heterocycles. The van der Waals surface area contributed by atoms with Crippen LogP contribution >= 0.6 is 0 Å². The molecule has 0 heterocycles. The summed E-state index contributed by atoms with van der Waals surface area (Å²) in [7, 11) is 0. The van der Waals surface area contributed by atoms with Crippen LogP contribution in [0.1, 0.15) is 52.7 Å². The molecule has 21 heavy (non-hydrogen) atoms. The number of phenolic OH excluding ortho intramolecular Hbond substituents is 1. The molecule has 2 rings (SSSR count). The van der Waals surface area contributed by atoms with E-state index in [0.717, 1.165) is 5.56 Å². The highest BCUT2D eigenvalue weighted by molar-refractivity contribution is 5.70. The molecule has 2 aromatic rings. The molecule has 0 atom stereocenters. The predicted molar refractivity (Wildman–Crippen MR) is 90.9 cm³/mol. The Balaban J connectivity index is 2.63. The molecule has 0 aliphatic rings. The van der Waals surface area contributed by atoms with Crippen molar-refractivity contribution in [2.75, 3.05) is 0 Å². The first-order valence-corrected chi connectivity index (χ1v) is 7.53. The largest absolute Gasteiger partial charge is 0.508 e. The second kappa shape index (κ2) is 5.22. The van der Waals surface area contributed by atoms with Crippen molar-refractivity contribution in [1.82, 2.24) is 0 Å². The zero-order valence-corrected chi connectivity index (χ0v) is 14.0. The lowest BCUT2D eigenvalue weighted by Gasteiger charge is -2.27. The maximum Gasteiger partial charge on any atom is 0.115 e. The average Bonchev–Trinajstić information content (AvgIpc) is 2.37. The van der Waals surface area contributed by atoms with E-state index in [9.17, 15) is 5.11 Å². The molecule has 1 nitrogen and oxygen atoms in total. The summed E-state index contributed by atoms with van der Waals surface area (Å²) in [6.07, 6.45) is 0. The van der Waals surface area contributed by atoms with E-state index in [0.29, 0.717) is 5.75 Å². The molecule has 1 N–H and O–H groups in total. The fourth-order valence-electron chi connectivity index (χ4n) is 2.52. The van der Waals surface area contributed by atoms with E-state index < -0.39 is 0 Å². The van der Waals surface area contributed by atoms with Gasteiger partial charge < -0.3 is 5.11 Å². The Morgan fingerprint density at radius 1 is 0.714 bits per heavy atom. The van der Waals surface area contributed by atoms with Gasteiger partial charge in [-0.25, -0.2) is 0 Å². The van der Waals surface area contributed by atoms with Gasteiger partial charge in [0.15, 0.2) is 0 Å². The summed E-state index contributed by atoms with van der Waals surface area (Å²) >= 11 is 0. The van der Waals surface area contributed by atoms with Gasteiger partial charge in [0.05, 0.1) is 0 Å². The Morgan fingerprint density at radius 3 is 1.76 bits per heavy atom. The van der Waals surface area contributed by atoms with E-state index in [1.54, 1.807) is 12.1 Å². The zero-order valence-electron chi connectivity index (χ0n) is 14.0. The van der Waals surface area contributed by atoms with Gasteiger partial charge in [-0.15, -0.1) is 0 Å². The van der Waals surface area contributed by atoms with Crippen molar-refractivity contribution in [1.29, 1.82) is 0 Å². The minimum Gasteiger partial charge on any atom is -0.508 e. The van der Waals surface area contributed by atoms with Gasteiger partial charge in [0.25, 0.3) is 0 Å². The summed E-state index contributed by atoms with van der Waals surface area (Å²) < 4.78 is 0. The molecule has 0 radical (unpaired) electrons. The lowest BCUT2D eigenvalue weighted by atomic mass is 9.77. The van der Waals surface area contributed by atoms with Crippen LogP contribution in [-0.4, -0.2) is 5.11 Å². The fraction of sp³-hybridized carbons (Fsp3) is 0.400. The van der Waals surface area contributed by atoms with Gasteiger partial charge in [-0.05, 0) is 45.2 Å². The van der Waals surface area contributed by atoms with Crippen LogP contribution in [0.15, 0.2) is 42.5 Å². The predicted octanol–water partition coefficient (Wildman–Crippen LogP) is 5.65. The summed E-state index contributed by atoms with van der Waals surface area (Å²) in [5.74, 6) is 0.308. The average molecular weight is 282 g/mol. The normalized spacial score (nSPS) is 12.5. The molecular formula is C20H26O. The molecule has 0 fully saturated rings. The third kappa shape index (κ3) is 3.47. The van der Waals surface area contributed by atoms with E-state index in [1.807, 2.05) is 12.1 Å². The van der Waals surface area contributed by atoms with Gasteiger partial charge in [-0.2, -0.15) is 0 Å². The highest BCUT2D eigenvalue weighted by Gasteiger charge is 2.22. The molecule has 0 spiro atoms. The maximum absolute atomic E-state index is 9.48. The second-order valence-electron chi connectivity index (χ2n) is 7.81. The first kappa shape index (κ1) is 15.6.